The van der Waals surface area contributed by atoms with Crippen LogP contribution in [0.4, 0.5) is 0 Å². The van der Waals surface area contributed by atoms with Gasteiger partial charge in [0.15, 0.2) is 5.41 Å². The number of rotatable bonds is 2. The normalized spacial score (nSPS) is 23.1. The topological polar surface area (TPSA) is 52.6 Å². The summed E-state index contributed by atoms with van der Waals surface area (Å²) >= 11 is 0. The molecular weight excluding hydrogens is 196 g/mol. The smallest absolute Gasteiger partial charge is 0.323 e. The van der Waals surface area contributed by atoms with E-state index in [0.717, 1.165) is 0 Å². The van der Waals surface area contributed by atoms with Gasteiger partial charge in [0, 0.05) is 0 Å². The summed E-state index contributed by atoms with van der Waals surface area (Å²) in [5.74, 6) is -0.951. The second kappa shape index (κ2) is 3.51. The van der Waals surface area contributed by atoms with Crippen molar-refractivity contribution in [3.63, 3.8) is 0 Å². The molecule has 1 rings (SSSR count). The fraction of sp³-hybridized carbons (Fsp3) is 0.818. The van der Waals surface area contributed by atoms with E-state index in [0.29, 0.717) is 6.42 Å². The molecule has 0 spiro atoms. The van der Waals surface area contributed by atoms with Crippen LogP contribution in [0.2, 0.25) is 0 Å². The van der Waals surface area contributed by atoms with Gasteiger partial charge in [-0.2, -0.15) is 0 Å². The number of hydrogen-bond donors (Lipinski definition) is 0. The van der Waals surface area contributed by atoms with E-state index in [-0.39, 0.29) is 11.3 Å². The highest BCUT2D eigenvalue weighted by Crippen LogP contribution is 2.62. The van der Waals surface area contributed by atoms with Crippen LogP contribution in [-0.2, 0) is 19.1 Å². The van der Waals surface area contributed by atoms with Gasteiger partial charge in [-0.05, 0) is 17.8 Å². The third kappa shape index (κ3) is 1.73. The third-order valence-corrected chi connectivity index (χ3v) is 3.11. The summed E-state index contributed by atoms with van der Waals surface area (Å²) in [6.07, 6.45) is 0.524. The molecule has 0 radical (unpaired) electrons. The van der Waals surface area contributed by atoms with Crippen molar-refractivity contribution in [2.24, 2.45) is 16.7 Å². The molecular formula is C11H18O4. The van der Waals surface area contributed by atoms with Gasteiger partial charge in [0.1, 0.15) is 0 Å². The van der Waals surface area contributed by atoms with Gasteiger partial charge < -0.3 is 9.47 Å². The summed E-state index contributed by atoms with van der Waals surface area (Å²) in [7, 11) is 2.59. The van der Waals surface area contributed by atoms with Gasteiger partial charge in [0.2, 0.25) is 0 Å². The largest absolute Gasteiger partial charge is 0.468 e. The average molecular weight is 214 g/mol. The SMILES string of the molecule is COC(=O)C1(C(=O)OC)C[C@@H]1C(C)(C)C. The number of hydrogen-bond acceptors (Lipinski definition) is 4. The zero-order chi connectivity index (χ0) is 11.9. The maximum absolute atomic E-state index is 11.6. The molecule has 0 aromatic heterocycles. The van der Waals surface area contributed by atoms with Gasteiger partial charge in [-0.1, -0.05) is 20.8 Å². The Labute approximate surface area is 89.9 Å². The van der Waals surface area contributed by atoms with Gasteiger partial charge in [-0.15, -0.1) is 0 Å². The number of carbonyl (C=O) groups is 2. The van der Waals surface area contributed by atoms with E-state index in [1.54, 1.807) is 0 Å². The highest BCUT2D eigenvalue weighted by Gasteiger charge is 2.70. The van der Waals surface area contributed by atoms with E-state index < -0.39 is 17.4 Å². The number of methoxy groups -OCH3 is 2. The average Bonchev–Trinajstić information content (AvgIpc) is 2.91. The summed E-state index contributed by atoms with van der Waals surface area (Å²) in [6, 6.07) is 0. The van der Waals surface area contributed by atoms with Crippen LogP contribution in [0.25, 0.3) is 0 Å². The molecule has 0 aromatic rings. The van der Waals surface area contributed by atoms with E-state index >= 15 is 0 Å². The summed E-state index contributed by atoms with van der Waals surface area (Å²) < 4.78 is 9.37. The third-order valence-electron chi connectivity index (χ3n) is 3.11. The fourth-order valence-electron chi connectivity index (χ4n) is 2.21. The van der Waals surface area contributed by atoms with Crippen LogP contribution in [0.15, 0.2) is 0 Å². The van der Waals surface area contributed by atoms with Gasteiger partial charge in [0.05, 0.1) is 14.2 Å². The van der Waals surface area contributed by atoms with Crippen molar-refractivity contribution in [1.82, 2.24) is 0 Å². The molecule has 86 valence electrons. The van der Waals surface area contributed by atoms with Crippen LogP contribution in [0.1, 0.15) is 27.2 Å². The Balaban J connectivity index is 2.95. The lowest BCUT2D eigenvalue weighted by atomic mass is 9.84. The molecule has 15 heavy (non-hydrogen) atoms. The lowest BCUT2D eigenvalue weighted by Gasteiger charge is -2.21. The van der Waals surface area contributed by atoms with Crippen molar-refractivity contribution in [2.75, 3.05) is 14.2 Å². The maximum Gasteiger partial charge on any atom is 0.323 e. The first kappa shape index (κ1) is 12.0. The molecule has 1 saturated carbocycles. The molecule has 1 fully saturated rings. The quantitative estimate of drug-likeness (QED) is 0.515. The Hall–Kier alpha value is -1.06. The second-order valence-corrected chi connectivity index (χ2v) is 5.08. The van der Waals surface area contributed by atoms with Crippen molar-refractivity contribution < 1.29 is 19.1 Å². The molecule has 1 aliphatic rings. The zero-order valence-electron chi connectivity index (χ0n) is 9.92. The van der Waals surface area contributed by atoms with Gasteiger partial charge in [-0.3, -0.25) is 9.59 Å². The maximum atomic E-state index is 11.6. The standard InChI is InChI=1S/C11H18O4/c1-10(2,3)7-6-11(7,8(12)14-4)9(13)15-5/h7H,6H2,1-5H3/t7-/m1/s1. The molecule has 0 aromatic carbocycles. The van der Waals surface area contributed by atoms with Crippen molar-refractivity contribution in [2.45, 2.75) is 27.2 Å². The molecule has 0 heterocycles. The number of carbonyl (C=O) groups excluding carboxylic acids is 2. The molecule has 4 nitrogen and oxygen atoms in total. The molecule has 0 aliphatic heterocycles. The van der Waals surface area contributed by atoms with Gasteiger partial charge in [-0.25, -0.2) is 0 Å². The van der Waals surface area contributed by atoms with Gasteiger partial charge in [0.25, 0.3) is 0 Å². The van der Waals surface area contributed by atoms with E-state index in [9.17, 15) is 9.59 Å². The predicted molar refractivity (Wildman–Crippen MR) is 54.0 cm³/mol. The van der Waals surface area contributed by atoms with Crippen LogP contribution < -0.4 is 0 Å². The molecule has 0 saturated heterocycles. The lowest BCUT2D eigenvalue weighted by Crippen LogP contribution is -2.33. The Morgan fingerprint density at radius 2 is 1.53 bits per heavy atom. The van der Waals surface area contributed by atoms with Crippen molar-refractivity contribution >= 4 is 11.9 Å². The van der Waals surface area contributed by atoms with Crippen LogP contribution in [0, 0.1) is 16.7 Å². The molecule has 4 heteroatoms. The molecule has 1 atom stereocenters. The summed E-state index contributed by atoms with van der Waals surface area (Å²) in [5, 5.41) is 0. The Bertz CT molecular complexity index is 271. The van der Waals surface area contributed by atoms with Crippen LogP contribution in [0.5, 0.6) is 0 Å². The summed E-state index contributed by atoms with van der Waals surface area (Å²) in [4.78, 5) is 23.3. The van der Waals surface area contributed by atoms with Crippen molar-refractivity contribution in [1.29, 1.82) is 0 Å². The first-order valence-electron chi connectivity index (χ1n) is 4.97. The van der Waals surface area contributed by atoms with Crippen molar-refractivity contribution in [3.8, 4) is 0 Å². The number of esters is 2. The predicted octanol–water partition coefficient (Wildman–Crippen LogP) is 1.38. The van der Waals surface area contributed by atoms with E-state index in [1.165, 1.54) is 14.2 Å². The zero-order valence-corrected chi connectivity index (χ0v) is 9.92. The minimum absolute atomic E-state index is 0.00454. The van der Waals surface area contributed by atoms with E-state index in [4.69, 9.17) is 0 Å². The summed E-state index contributed by atoms with van der Waals surface area (Å²) in [6.45, 7) is 6.02. The van der Waals surface area contributed by atoms with Crippen LogP contribution >= 0.6 is 0 Å². The van der Waals surface area contributed by atoms with E-state index in [1.807, 2.05) is 20.8 Å². The van der Waals surface area contributed by atoms with E-state index in [2.05, 4.69) is 9.47 Å². The van der Waals surface area contributed by atoms with Crippen LogP contribution in [-0.4, -0.2) is 26.2 Å². The summed E-state index contributed by atoms with van der Waals surface area (Å²) in [5.41, 5.74) is -1.15. The van der Waals surface area contributed by atoms with Crippen LogP contribution in [0.3, 0.4) is 0 Å². The first-order valence-corrected chi connectivity index (χ1v) is 4.97. The highest BCUT2D eigenvalue weighted by atomic mass is 16.5. The lowest BCUT2D eigenvalue weighted by molar-refractivity contribution is -0.163. The first-order chi connectivity index (χ1) is 6.80. The van der Waals surface area contributed by atoms with Crippen molar-refractivity contribution in [3.05, 3.63) is 0 Å². The monoisotopic (exact) mass is 214 g/mol. The highest BCUT2D eigenvalue weighted by molar-refractivity contribution is 6.03. The molecule has 0 unspecified atom stereocenters. The Morgan fingerprint density at radius 3 is 1.73 bits per heavy atom. The molecule has 0 amide bonds. The minimum Gasteiger partial charge on any atom is -0.468 e. The minimum atomic E-state index is -1.05. The number of ether oxygens (including phenoxy) is 2. The molecule has 0 bridgehead atoms. The second-order valence-electron chi connectivity index (χ2n) is 5.08. The Kier molecular flexibility index (Phi) is 2.81. The molecule has 0 N–H and O–H groups in total. The Morgan fingerprint density at radius 1 is 1.13 bits per heavy atom. The fourth-order valence-corrected chi connectivity index (χ4v) is 2.21. The molecule has 1 aliphatic carbocycles. The van der Waals surface area contributed by atoms with Gasteiger partial charge >= 0.3 is 11.9 Å².